The van der Waals surface area contributed by atoms with E-state index in [0.717, 1.165) is 23.2 Å². The van der Waals surface area contributed by atoms with Gasteiger partial charge in [-0.1, -0.05) is 42.5 Å². The van der Waals surface area contributed by atoms with Crippen molar-refractivity contribution in [2.24, 2.45) is 0 Å². The molecule has 3 rings (SSSR count). The number of rotatable bonds is 6. The van der Waals surface area contributed by atoms with Crippen LogP contribution in [0.2, 0.25) is 0 Å². The second-order valence-corrected chi connectivity index (χ2v) is 9.26. The first-order valence-electron chi connectivity index (χ1n) is 9.48. The van der Waals surface area contributed by atoms with E-state index in [9.17, 15) is 13.2 Å². The molecule has 0 saturated heterocycles. The monoisotopic (exact) mass is 401 g/mol. The molecule has 7 heteroatoms. The highest BCUT2D eigenvalue weighted by molar-refractivity contribution is 7.88. The lowest BCUT2D eigenvalue weighted by molar-refractivity contribution is 0.244. The van der Waals surface area contributed by atoms with Crippen LogP contribution in [0.4, 0.5) is 10.5 Å². The number of hydrogen-bond donors (Lipinski definition) is 2. The van der Waals surface area contributed by atoms with Gasteiger partial charge in [0.2, 0.25) is 10.0 Å². The first-order chi connectivity index (χ1) is 13.3. The molecule has 2 aromatic rings. The number of urea groups is 1. The third-order valence-corrected chi connectivity index (χ3v) is 6.26. The van der Waals surface area contributed by atoms with Gasteiger partial charge in [-0.15, -0.1) is 0 Å². The summed E-state index contributed by atoms with van der Waals surface area (Å²) < 4.78 is 27.2. The highest BCUT2D eigenvalue weighted by Crippen LogP contribution is 2.31. The zero-order chi connectivity index (χ0) is 20.3. The molecule has 0 spiro atoms. The van der Waals surface area contributed by atoms with Crippen molar-refractivity contribution in [3.63, 3.8) is 0 Å². The van der Waals surface area contributed by atoms with Crippen LogP contribution in [0, 0.1) is 0 Å². The number of benzene rings is 2. The summed E-state index contributed by atoms with van der Waals surface area (Å²) in [5.41, 5.74) is 3.58. The van der Waals surface area contributed by atoms with Crippen LogP contribution in [-0.2, 0) is 28.7 Å². The molecular weight excluding hydrogens is 374 g/mol. The molecule has 2 N–H and O–H groups in total. The summed E-state index contributed by atoms with van der Waals surface area (Å²) in [5, 5.41) is 2.95. The van der Waals surface area contributed by atoms with Crippen LogP contribution < -0.4 is 14.9 Å². The molecule has 1 unspecified atom stereocenters. The summed E-state index contributed by atoms with van der Waals surface area (Å²) in [6.45, 7) is 5.88. The molecule has 0 radical (unpaired) electrons. The molecule has 0 aliphatic carbocycles. The van der Waals surface area contributed by atoms with E-state index in [1.807, 2.05) is 49.4 Å². The number of anilines is 1. The number of para-hydroxylation sites is 1. The Balaban J connectivity index is 1.71. The molecule has 0 bridgehead atoms. The Labute approximate surface area is 167 Å². The van der Waals surface area contributed by atoms with Gasteiger partial charge in [0.05, 0.1) is 5.75 Å². The molecule has 1 aliphatic heterocycles. The number of carbonyl (C=O) groups is 1. The van der Waals surface area contributed by atoms with Gasteiger partial charge in [-0.3, -0.25) is 4.90 Å². The van der Waals surface area contributed by atoms with Crippen LogP contribution in [0.3, 0.4) is 0 Å². The molecule has 28 heavy (non-hydrogen) atoms. The Morgan fingerprint density at radius 1 is 1.11 bits per heavy atom. The maximum atomic E-state index is 12.8. The molecule has 0 fully saturated rings. The van der Waals surface area contributed by atoms with Gasteiger partial charge in [-0.25, -0.2) is 17.9 Å². The summed E-state index contributed by atoms with van der Waals surface area (Å²) in [7, 11) is -3.43. The van der Waals surface area contributed by atoms with E-state index >= 15 is 0 Å². The fraction of sp³-hybridized carbons (Fsp3) is 0.381. The minimum Gasteiger partial charge on any atom is -0.334 e. The predicted octanol–water partition coefficient (Wildman–Crippen LogP) is 3.18. The number of carbonyl (C=O) groups excluding carboxylic acids is 1. The molecule has 2 amide bonds. The largest absolute Gasteiger partial charge is 0.334 e. The molecule has 1 aliphatic rings. The lowest BCUT2D eigenvalue weighted by atomic mass is 10.1. The maximum Gasteiger partial charge on any atom is 0.322 e. The summed E-state index contributed by atoms with van der Waals surface area (Å²) in [6.07, 6.45) is 0.833. The van der Waals surface area contributed by atoms with Crippen molar-refractivity contribution in [2.75, 3.05) is 4.90 Å². The van der Waals surface area contributed by atoms with E-state index in [-0.39, 0.29) is 30.4 Å². The number of fused-ring (bicyclic) bond motifs is 1. The van der Waals surface area contributed by atoms with Gasteiger partial charge in [0.15, 0.2) is 0 Å². The van der Waals surface area contributed by atoms with Crippen LogP contribution in [0.25, 0.3) is 0 Å². The topological polar surface area (TPSA) is 78.5 Å². The SMILES string of the molecule is CC(C)NS(=O)(=O)Cc1ccccc1CNC(=O)N1c2ccccc2CC1C. The molecule has 150 valence electrons. The first kappa shape index (κ1) is 20.4. The summed E-state index contributed by atoms with van der Waals surface area (Å²) >= 11 is 0. The zero-order valence-corrected chi connectivity index (χ0v) is 17.3. The van der Waals surface area contributed by atoms with Gasteiger partial charge >= 0.3 is 6.03 Å². The van der Waals surface area contributed by atoms with E-state index in [0.29, 0.717) is 5.56 Å². The van der Waals surface area contributed by atoms with Gasteiger partial charge in [-0.2, -0.15) is 0 Å². The maximum absolute atomic E-state index is 12.8. The van der Waals surface area contributed by atoms with Crippen LogP contribution in [0.1, 0.15) is 37.5 Å². The molecule has 1 heterocycles. The van der Waals surface area contributed by atoms with E-state index in [2.05, 4.69) is 10.0 Å². The van der Waals surface area contributed by atoms with Gasteiger partial charge < -0.3 is 5.32 Å². The smallest absolute Gasteiger partial charge is 0.322 e. The van der Waals surface area contributed by atoms with Crippen molar-refractivity contribution >= 4 is 21.7 Å². The van der Waals surface area contributed by atoms with Crippen molar-refractivity contribution in [1.82, 2.24) is 10.0 Å². The highest BCUT2D eigenvalue weighted by atomic mass is 32.2. The minimum atomic E-state index is -3.43. The van der Waals surface area contributed by atoms with Crippen molar-refractivity contribution in [1.29, 1.82) is 0 Å². The molecule has 6 nitrogen and oxygen atoms in total. The third-order valence-electron chi connectivity index (χ3n) is 4.74. The van der Waals surface area contributed by atoms with Crippen molar-refractivity contribution in [2.45, 2.75) is 51.6 Å². The molecular formula is C21H27N3O3S. The summed E-state index contributed by atoms with van der Waals surface area (Å²) in [4.78, 5) is 14.6. The Kier molecular flexibility index (Phi) is 6.05. The quantitative estimate of drug-likeness (QED) is 0.780. The standard InChI is InChI=1S/C21H27N3O3S/c1-15(2)23-28(26,27)14-19-10-5-4-9-18(19)13-22-21(25)24-16(3)12-17-8-6-7-11-20(17)24/h4-11,15-16,23H,12-14H2,1-3H3,(H,22,25). The number of sulfonamides is 1. The summed E-state index contributed by atoms with van der Waals surface area (Å²) in [5.74, 6) is -0.111. The lowest BCUT2D eigenvalue weighted by Crippen LogP contribution is -2.43. The Bertz CT molecular complexity index is 957. The average molecular weight is 402 g/mol. The highest BCUT2D eigenvalue weighted by Gasteiger charge is 2.30. The molecule has 1 atom stereocenters. The van der Waals surface area contributed by atoms with Crippen LogP contribution >= 0.6 is 0 Å². The number of nitrogens with one attached hydrogen (secondary N) is 2. The molecule has 0 aromatic heterocycles. The second-order valence-electron chi connectivity index (χ2n) is 7.51. The Morgan fingerprint density at radius 3 is 2.46 bits per heavy atom. The van der Waals surface area contributed by atoms with E-state index in [1.165, 1.54) is 0 Å². The van der Waals surface area contributed by atoms with E-state index in [4.69, 9.17) is 0 Å². The number of hydrogen-bond acceptors (Lipinski definition) is 3. The van der Waals surface area contributed by atoms with E-state index in [1.54, 1.807) is 24.8 Å². The molecule has 2 aromatic carbocycles. The van der Waals surface area contributed by atoms with Gasteiger partial charge in [0.25, 0.3) is 0 Å². The first-order valence-corrected chi connectivity index (χ1v) is 11.1. The van der Waals surface area contributed by atoms with Crippen LogP contribution in [0.5, 0.6) is 0 Å². The number of amides is 2. The van der Waals surface area contributed by atoms with Gasteiger partial charge in [0.1, 0.15) is 0 Å². The van der Waals surface area contributed by atoms with E-state index < -0.39 is 10.0 Å². The van der Waals surface area contributed by atoms with Crippen LogP contribution in [-0.4, -0.2) is 26.5 Å². The van der Waals surface area contributed by atoms with Crippen molar-refractivity contribution in [3.8, 4) is 0 Å². The number of nitrogens with zero attached hydrogens (tertiary/aromatic N) is 1. The van der Waals surface area contributed by atoms with Crippen molar-refractivity contribution < 1.29 is 13.2 Å². The minimum absolute atomic E-state index is 0.0864. The van der Waals surface area contributed by atoms with Gasteiger partial charge in [0, 0.05) is 24.3 Å². The fourth-order valence-corrected chi connectivity index (χ4v) is 5.10. The third kappa shape index (κ3) is 4.72. The predicted molar refractivity (Wildman–Crippen MR) is 112 cm³/mol. The fourth-order valence-electron chi connectivity index (χ4n) is 3.61. The zero-order valence-electron chi connectivity index (χ0n) is 16.5. The Hall–Kier alpha value is -2.38. The van der Waals surface area contributed by atoms with Crippen molar-refractivity contribution in [3.05, 3.63) is 65.2 Å². The second kappa shape index (κ2) is 8.32. The average Bonchev–Trinajstić information content (AvgIpc) is 2.95. The Morgan fingerprint density at radius 2 is 1.75 bits per heavy atom. The normalized spacial score (nSPS) is 16.3. The molecule has 0 saturated carbocycles. The van der Waals surface area contributed by atoms with Gasteiger partial charge in [-0.05, 0) is 49.9 Å². The lowest BCUT2D eigenvalue weighted by Gasteiger charge is -2.23. The van der Waals surface area contributed by atoms with Crippen LogP contribution in [0.15, 0.2) is 48.5 Å². The summed E-state index contributed by atoms with van der Waals surface area (Å²) in [6, 6.07) is 15.0.